The van der Waals surface area contributed by atoms with Gasteiger partial charge in [-0.1, -0.05) is 17.0 Å². The fourth-order valence-electron chi connectivity index (χ4n) is 1.22. The van der Waals surface area contributed by atoms with E-state index in [2.05, 4.69) is 17.0 Å². The maximum absolute atomic E-state index is 5.47. The van der Waals surface area contributed by atoms with Crippen LogP contribution >= 0.6 is 11.6 Å². The monoisotopic (exact) mass is 217 g/mol. The molecular weight excluding hydrogens is 210 g/mol. The summed E-state index contributed by atoms with van der Waals surface area (Å²) >= 11 is 5.47. The van der Waals surface area contributed by atoms with Gasteiger partial charge in [0.15, 0.2) is 5.76 Å². The minimum atomic E-state index is 0.351. The van der Waals surface area contributed by atoms with Crippen LogP contribution in [0.3, 0.4) is 0 Å². The first-order valence-corrected chi connectivity index (χ1v) is 4.99. The number of aromatic nitrogens is 1. The molecule has 1 aromatic carbocycles. The smallest absolute Gasteiger partial charge is 0.166 e. The van der Waals surface area contributed by atoms with Crippen LogP contribution in [0.25, 0.3) is 11.3 Å². The summed E-state index contributed by atoms with van der Waals surface area (Å²) in [5.74, 6) is 6.84. The summed E-state index contributed by atoms with van der Waals surface area (Å²) in [5.41, 5.74) is 1.93. The van der Waals surface area contributed by atoms with Crippen molar-refractivity contribution >= 4 is 11.6 Å². The van der Waals surface area contributed by atoms with Crippen molar-refractivity contribution in [2.45, 2.75) is 0 Å². The Morgan fingerprint density at radius 2 is 2.00 bits per heavy atom. The zero-order valence-corrected chi connectivity index (χ0v) is 8.66. The lowest BCUT2D eigenvalue weighted by molar-refractivity contribution is 0.432. The first-order chi connectivity index (χ1) is 7.40. The lowest BCUT2D eigenvalue weighted by atomic mass is 10.1. The summed E-state index contributed by atoms with van der Waals surface area (Å²) in [6, 6.07) is 9.56. The lowest BCUT2D eigenvalue weighted by Crippen LogP contribution is -1.76. The highest BCUT2D eigenvalue weighted by molar-refractivity contribution is 6.19. The zero-order valence-electron chi connectivity index (χ0n) is 7.90. The molecule has 0 aliphatic heterocycles. The summed E-state index contributed by atoms with van der Waals surface area (Å²) < 4.78 is 5.03. The number of nitrogens with zero attached hydrogens (tertiary/aromatic N) is 1. The molecule has 0 N–H and O–H groups in total. The van der Waals surface area contributed by atoms with Crippen molar-refractivity contribution in [1.82, 2.24) is 5.16 Å². The molecule has 0 radical (unpaired) electrons. The number of alkyl halides is 1. The average Bonchev–Trinajstić information content (AvgIpc) is 2.80. The third kappa shape index (κ3) is 2.39. The molecule has 0 spiro atoms. The van der Waals surface area contributed by atoms with E-state index in [-0.39, 0.29) is 0 Å². The van der Waals surface area contributed by atoms with Crippen LogP contribution in [0, 0.1) is 11.8 Å². The quantitative estimate of drug-likeness (QED) is 0.542. The molecule has 1 heterocycles. The van der Waals surface area contributed by atoms with Gasteiger partial charge in [-0.15, -0.1) is 11.6 Å². The van der Waals surface area contributed by atoms with E-state index in [4.69, 9.17) is 16.1 Å². The normalized spacial score (nSPS) is 9.40. The molecule has 1 aromatic heterocycles. The van der Waals surface area contributed by atoms with Crippen molar-refractivity contribution in [2.75, 3.05) is 5.88 Å². The molecule has 2 rings (SSSR count). The largest absolute Gasteiger partial charge is 0.356 e. The highest BCUT2D eigenvalue weighted by atomic mass is 35.5. The number of hydrogen-bond acceptors (Lipinski definition) is 2. The summed E-state index contributed by atoms with van der Waals surface area (Å²) in [6.07, 6.45) is 1.62. The second-order valence-corrected chi connectivity index (χ2v) is 3.16. The fourth-order valence-corrected chi connectivity index (χ4v) is 1.28. The third-order valence-electron chi connectivity index (χ3n) is 1.91. The SMILES string of the molecule is ClCC#Cc1ccc(-c2ccno2)cc1. The molecule has 0 aliphatic rings. The molecule has 3 heteroatoms. The molecule has 0 bridgehead atoms. The predicted octanol–water partition coefficient (Wildman–Crippen LogP) is 2.93. The molecule has 0 amide bonds. The van der Waals surface area contributed by atoms with Gasteiger partial charge in [0.05, 0.1) is 12.1 Å². The molecule has 0 atom stereocenters. The van der Waals surface area contributed by atoms with E-state index < -0.39 is 0 Å². The van der Waals surface area contributed by atoms with Gasteiger partial charge < -0.3 is 4.52 Å². The second kappa shape index (κ2) is 4.68. The molecule has 2 aromatic rings. The summed E-state index contributed by atoms with van der Waals surface area (Å²) in [7, 11) is 0. The minimum absolute atomic E-state index is 0.351. The molecule has 0 unspecified atom stereocenters. The summed E-state index contributed by atoms with van der Waals surface area (Å²) in [4.78, 5) is 0. The van der Waals surface area contributed by atoms with Crippen LogP contribution in [0.2, 0.25) is 0 Å². The van der Waals surface area contributed by atoms with Crippen LogP contribution in [0.5, 0.6) is 0 Å². The van der Waals surface area contributed by atoms with Gasteiger partial charge in [-0.3, -0.25) is 0 Å². The highest BCUT2D eigenvalue weighted by Crippen LogP contribution is 2.18. The van der Waals surface area contributed by atoms with E-state index in [0.717, 1.165) is 16.9 Å². The van der Waals surface area contributed by atoms with Crippen molar-refractivity contribution in [3.05, 3.63) is 42.1 Å². The molecule has 2 nitrogen and oxygen atoms in total. The van der Waals surface area contributed by atoms with E-state index in [1.807, 2.05) is 30.3 Å². The van der Waals surface area contributed by atoms with Crippen LogP contribution < -0.4 is 0 Å². The standard InChI is InChI=1S/C12H8ClNO/c13-8-1-2-10-3-5-11(6-4-10)12-7-9-14-15-12/h3-7,9H,8H2. The Bertz CT molecular complexity index is 477. The molecule has 74 valence electrons. The highest BCUT2D eigenvalue weighted by Gasteiger charge is 1.99. The number of hydrogen-bond donors (Lipinski definition) is 0. The first-order valence-electron chi connectivity index (χ1n) is 4.46. The molecule has 0 saturated carbocycles. The first kappa shape index (κ1) is 9.82. The minimum Gasteiger partial charge on any atom is -0.356 e. The van der Waals surface area contributed by atoms with Crippen molar-refractivity contribution in [3.8, 4) is 23.2 Å². The zero-order chi connectivity index (χ0) is 10.5. The van der Waals surface area contributed by atoms with Crippen molar-refractivity contribution in [1.29, 1.82) is 0 Å². The van der Waals surface area contributed by atoms with Crippen molar-refractivity contribution in [2.24, 2.45) is 0 Å². The van der Waals surface area contributed by atoms with Crippen molar-refractivity contribution < 1.29 is 4.52 Å². The third-order valence-corrected chi connectivity index (χ3v) is 2.04. The average molecular weight is 218 g/mol. The van der Waals surface area contributed by atoms with Gasteiger partial charge in [-0.2, -0.15) is 0 Å². The lowest BCUT2D eigenvalue weighted by Gasteiger charge is -1.94. The number of halogens is 1. The van der Waals surface area contributed by atoms with E-state index in [9.17, 15) is 0 Å². The predicted molar refractivity (Wildman–Crippen MR) is 59.5 cm³/mol. The van der Waals surface area contributed by atoms with Gasteiger partial charge in [0, 0.05) is 17.2 Å². The Morgan fingerprint density at radius 1 is 1.20 bits per heavy atom. The Morgan fingerprint density at radius 3 is 2.60 bits per heavy atom. The van der Waals surface area contributed by atoms with Gasteiger partial charge >= 0.3 is 0 Å². The number of rotatable bonds is 1. The number of benzene rings is 1. The van der Waals surface area contributed by atoms with Crippen LogP contribution in [0.4, 0.5) is 0 Å². The van der Waals surface area contributed by atoms with Crippen LogP contribution in [0.1, 0.15) is 5.56 Å². The van der Waals surface area contributed by atoms with Gasteiger partial charge in [-0.05, 0) is 24.3 Å². The maximum atomic E-state index is 5.47. The van der Waals surface area contributed by atoms with E-state index in [1.54, 1.807) is 6.20 Å². The van der Waals surface area contributed by atoms with E-state index in [0.29, 0.717) is 5.88 Å². The Hall–Kier alpha value is -1.72. The van der Waals surface area contributed by atoms with Crippen LogP contribution in [-0.2, 0) is 0 Å². The Balaban J connectivity index is 2.25. The van der Waals surface area contributed by atoms with Crippen molar-refractivity contribution in [3.63, 3.8) is 0 Å². The topological polar surface area (TPSA) is 26.0 Å². The molecule has 0 aliphatic carbocycles. The molecule has 15 heavy (non-hydrogen) atoms. The summed E-state index contributed by atoms with van der Waals surface area (Å²) in [6.45, 7) is 0. The fraction of sp³-hybridized carbons (Fsp3) is 0.0833. The van der Waals surface area contributed by atoms with Gasteiger partial charge in [0.2, 0.25) is 0 Å². The maximum Gasteiger partial charge on any atom is 0.166 e. The van der Waals surface area contributed by atoms with Gasteiger partial charge in [0.25, 0.3) is 0 Å². The molecule has 0 fully saturated rings. The van der Waals surface area contributed by atoms with Gasteiger partial charge in [-0.25, -0.2) is 0 Å². The van der Waals surface area contributed by atoms with Gasteiger partial charge in [0.1, 0.15) is 0 Å². The molecular formula is C12H8ClNO. The Labute approximate surface area is 92.9 Å². The summed E-state index contributed by atoms with van der Waals surface area (Å²) in [5, 5.41) is 3.65. The molecule has 0 saturated heterocycles. The van der Waals surface area contributed by atoms with E-state index in [1.165, 1.54) is 0 Å². The second-order valence-electron chi connectivity index (χ2n) is 2.89. The van der Waals surface area contributed by atoms with Crippen LogP contribution in [-0.4, -0.2) is 11.0 Å². The Kier molecular flexibility index (Phi) is 3.06. The van der Waals surface area contributed by atoms with Crippen LogP contribution in [0.15, 0.2) is 41.1 Å². The van der Waals surface area contributed by atoms with E-state index >= 15 is 0 Å².